The van der Waals surface area contributed by atoms with Crippen molar-refractivity contribution in [2.75, 3.05) is 13.1 Å². The van der Waals surface area contributed by atoms with Crippen molar-refractivity contribution < 1.29 is 4.42 Å². The molecule has 4 rings (SSSR count). The standard InChI is InChI=1S/C21H22N2O/c1-15-18-11-10-17(16-8-4-2-5-9-16)14-19(18)24-20(15)21(22)23-12-6-3-7-13-23/h2,4-5,8-11,14,22H,3,6-7,12-13H2,1H3. The van der Waals surface area contributed by atoms with Gasteiger partial charge >= 0.3 is 0 Å². The Hall–Kier alpha value is -2.55. The van der Waals surface area contributed by atoms with Crippen LogP contribution in [0.2, 0.25) is 0 Å². The predicted molar refractivity (Wildman–Crippen MR) is 98.6 cm³/mol. The van der Waals surface area contributed by atoms with Crippen LogP contribution in [-0.2, 0) is 0 Å². The van der Waals surface area contributed by atoms with Crippen LogP contribution in [0.5, 0.6) is 0 Å². The second-order valence-corrected chi connectivity index (χ2v) is 6.53. The number of nitrogens with zero attached hydrogens (tertiary/aromatic N) is 1. The molecular weight excluding hydrogens is 296 g/mol. The fraction of sp³-hybridized carbons (Fsp3) is 0.286. The lowest BCUT2D eigenvalue weighted by atomic mass is 10.0. The van der Waals surface area contributed by atoms with Crippen LogP contribution in [0.3, 0.4) is 0 Å². The average molecular weight is 318 g/mol. The minimum atomic E-state index is 0.532. The summed E-state index contributed by atoms with van der Waals surface area (Å²) >= 11 is 0. The van der Waals surface area contributed by atoms with Crippen molar-refractivity contribution in [2.24, 2.45) is 0 Å². The zero-order valence-corrected chi connectivity index (χ0v) is 14.0. The van der Waals surface area contributed by atoms with E-state index in [0.29, 0.717) is 5.84 Å². The summed E-state index contributed by atoms with van der Waals surface area (Å²) < 4.78 is 6.11. The Balaban J connectivity index is 1.73. The zero-order chi connectivity index (χ0) is 16.5. The molecule has 2 aromatic carbocycles. The second kappa shape index (κ2) is 6.16. The predicted octanol–water partition coefficient (Wildman–Crippen LogP) is 5.22. The molecule has 3 heteroatoms. The number of fused-ring (bicyclic) bond motifs is 1. The van der Waals surface area contributed by atoms with Gasteiger partial charge in [0.1, 0.15) is 5.58 Å². The van der Waals surface area contributed by atoms with E-state index in [1.54, 1.807) is 0 Å². The largest absolute Gasteiger partial charge is 0.453 e. The van der Waals surface area contributed by atoms with Gasteiger partial charge in [-0.15, -0.1) is 0 Å². The fourth-order valence-electron chi connectivity index (χ4n) is 3.52. The van der Waals surface area contributed by atoms with Crippen molar-refractivity contribution in [2.45, 2.75) is 26.2 Å². The minimum Gasteiger partial charge on any atom is -0.453 e. The summed E-state index contributed by atoms with van der Waals surface area (Å²) in [6.45, 7) is 3.98. The molecule has 2 heterocycles. The maximum Gasteiger partial charge on any atom is 0.172 e. The van der Waals surface area contributed by atoms with E-state index in [1.807, 2.05) is 18.2 Å². The van der Waals surface area contributed by atoms with Crippen molar-refractivity contribution >= 4 is 16.8 Å². The maximum atomic E-state index is 8.55. The van der Waals surface area contributed by atoms with E-state index in [2.05, 4.69) is 42.2 Å². The number of furan rings is 1. The number of likely N-dealkylation sites (tertiary alicyclic amines) is 1. The molecule has 3 nitrogen and oxygen atoms in total. The SMILES string of the molecule is Cc1c(C(=N)N2CCCCC2)oc2cc(-c3ccccc3)ccc12. The number of piperidine rings is 1. The van der Waals surface area contributed by atoms with Gasteiger partial charge in [0.05, 0.1) is 0 Å². The van der Waals surface area contributed by atoms with Crippen LogP contribution in [0.25, 0.3) is 22.1 Å². The molecule has 3 aromatic rings. The fourth-order valence-corrected chi connectivity index (χ4v) is 3.52. The van der Waals surface area contributed by atoms with Crippen molar-refractivity contribution in [3.8, 4) is 11.1 Å². The highest BCUT2D eigenvalue weighted by Gasteiger charge is 2.21. The number of amidine groups is 1. The van der Waals surface area contributed by atoms with E-state index in [0.717, 1.165) is 40.9 Å². The van der Waals surface area contributed by atoms with E-state index in [9.17, 15) is 0 Å². The van der Waals surface area contributed by atoms with Gasteiger partial charge in [0, 0.05) is 24.0 Å². The molecule has 1 N–H and O–H groups in total. The Kier molecular flexibility index (Phi) is 3.85. The van der Waals surface area contributed by atoms with Crippen molar-refractivity contribution in [1.29, 1.82) is 5.41 Å². The first-order chi connectivity index (χ1) is 11.7. The highest BCUT2D eigenvalue weighted by Crippen LogP contribution is 2.31. The molecule has 122 valence electrons. The molecular formula is C21H22N2O. The lowest BCUT2D eigenvalue weighted by Crippen LogP contribution is -2.35. The van der Waals surface area contributed by atoms with E-state index in [4.69, 9.17) is 9.83 Å². The van der Waals surface area contributed by atoms with E-state index in [-0.39, 0.29) is 0 Å². The number of nitrogens with one attached hydrogen (secondary N) is 1. The molecule has 0 amide bonds. The van der Waals surface area contributed by atoms with Crippen molar-refractivity contribution in [3.63, 3.8) is 0 Å². The van der Waals surface area contributed by atoms with Gasteiger partial charge < -0.3 is 9.32 Å². The van der Waals surface area contributed by atoms with E-state index in [1.165, 1.54) is 24.8 Å². The molecule has 1 fully saturated rings. The molecule has 0 radical (unpaired) electrons. The summed E-state index contributed by atoms with van der Waals surface area (Å²) in [5.41, 5.74) is 4.26. The van der Waals surface area contributed by atoms with Gasteiger partial charge in [0.25, 0.3) is 0 Å². The first-order valence-corrected chi connectivity index (χ1v) is 8.66. The highest BCUT2D eigenvalue weighted by molar-refractivity contribution is 6.01. The van der Waals surface area contributed by atoms with Gasteiger partial charge in [-0.1, -0.05) is 42.5 Å². The molecule has 0 bridgehead atoms. The molecule has 1 aromatic heterocycles. The number of hydrogen-bond donors (Lipinski definition) is 1. The van der Waals surface area contributed by atoms with E-state index >= 15 is 0 Å². The number of rotatable bonds is 2. The first kappa shape index (κ1) is 15.0. The first-order valence-electron chi connectivity index (χ1n) is 8.66. The average Bonchev–Trinajstić information content (AvgIpc) is 2.99. The molecule has 1 saturated heterocycles. The number of aryl methyl sites for hydroxylation is 1. The maximum absolute atomic E-state index is 8.55. The Labute approximate surface area is 142 Å². The lowest BCUT2D eigenvalue weighted by Gasteiger charge is -2.28. The second-order valence-electron chi connectivity index (χ2n) is 6.53. The third-order valence-corrected chi connectivity index (χ3v) is 4.93. The molecule has 1 aliphatic heterocycles. The van der Waals surface area contributed by atoms with Gasteiger partial charge in [0.2, 0.25) is 0 Å². The summed E-state index contributed by atoms with van der Waals surface area (Å²) in [5, 5.41) is 9.65. The van der Waals surface area contributed by atoms with Crippen molar-refractivity contribution in [3.05, 3.63) is 59.9 Å². The summed E-state index contributed by atoms with van der Waals surface area (Å²) in [6, 6.07) is 16.7. The molecule has 0 unspecified atom stereocenters. The molecule has 1 aliphatic rings. The summed E-state index contributed by atoms with van der Waals surface area (Å²) in [5.74, 6) is 1.25. The Morgan fingerprint density at radius 2 is 1.71 bits per heavy atom. The molecule has 0 aliphatic carbocycles. The zero-order valence-electron chi connectivity index (χ0n) is 14.0. The molecule has 24 heavy (non-hydrogen) atoms. The van der Waals surface area contributed by atoms with Crippen LogP contribution < -0.4 is 0 Å². The minimum absolute atomic E-state index is 0.532. The van der Waals surface area contributed by atoms with Crippen LogP contribution in [0.4, 0.5) is 0 Å². The van der Waals surface area contributed by atoms with Crippen LogP contribution >= 0.6 is 0 Å². The monoisotopic (exact) mass is 318 g/mol. The van der Waals surface area contributed by atoms with Crippen LogP contribution in [-0.4, -0.2) is 23.8 Å². The third-order valence-electron chi connectivity index (χ3n) is 4.93. The lowest BCUT2D eigenvalue weighted by molar-refractivity contribution is 0.336. The Morgan fingerprint density at radius 1 is 0.958 bits per heavy atom. The van der Waals surface area contributed by atoms with Gasteiger partial charge in [0.15, 0.2) is 11.6 Å². The van der Waals surface area contributed by atoms with Crippen molar-refractivity contribution in [1.82, 2.24) is 4.90 Å². The smallest absolute Gasteiger partial charge is 0.172 e. The van der Waals surface area contributed by atoms with E-state index < -0.39 is 0 Å². The molecule has 0 spiro atoms. The van der Waals surface area contributed by atoms with Crippen LogP contribution in [0.15, 0.2) is 52.9 Å². The van der Waals surface area contributed by atoms with Gasteiger partial charge in [-0.05, 0) is 43.4 Å². The van der Waals surface area contributed by atoms with Crippen LogP contribution in [0.1, 0.15) is 30.6 Å². The van der Waals surface area contributed by atoms with Gasteiger partial charge in [-0.2, -0.15) is 0 Å². The normalized spacial score (nSPS) is 15.0. The van der Waals surface area contributed by atoms with Gasteiger partial charge in [-0.25, -0.2) is 0 Å². The van der Waals surface area contributed by atoms with Gasteiger partial charge in [-0.3, -0.25) is 5.41 Å². The highest BCUT2D eigenvalue weighted by atomic mass is 16.3. The number of hydrogen-bond acceptors (Lipinski definition) is 2. The Morgan fingerprint density at radius 3 is 2.46 bits per heavy atom. The summed E-state index contributed by atoms with van der Waals surface area (Å²) in [6.07, 6.45) is 3.60. The summed E-state index contributed by atoms with van der Waals surface area (Å²) in [7, 11) is 0. The third kappa shape index (κ3) is 2.60. The number of benzene rings is 2. The molecule has 0 atom stereocenters. The topological polar surface area (TPSA) is 40.2 Å². The summed E-state index contributed by atoms with van der Waals surface area (Å²) in [4.78, 5) is 2.15. The quantitative estimate of drug-likeness (QED) is 0.520. The Bertz CT molecular complexity index is 873. The molecule has 0 saturated carbocycles. The van der Waals surface area contributed by atoms with Crippen LogP contribution in [0, 0.1) is 12.3 Å².